The Morgan fingerprint density at radius 3 is 1.50 bits per heavy atom. The predicted octanol–water partition coefficient (Wildman–Crippen LogP) is 5.21. The van der Waals surface area contributed by atoms with Crippen molar-refractivity contribution < 1.29 is 9.47 Å². The standard InChI is InChI=1S/C20H22O2/c1-3-21-19-15-9-7-13-17(19)11-5-6-12-18-14-8-10-16-20(18)22-4-2/h5-16H,3-4H2,1-2H3/b11-5+,12-6+. The van der Waals surface area contributed by atoms with Crippen LogP contribution >= 0.6 is 0 Å². The van der Waals surface area contributed by atoms with Crippen LogP contribution < -0.4 is 9.47 Å². The topological polar surface area (TPSA) is 18.5 Å². The van der Waals surface area contributed by atoms with Crippen molar-refractivity contribution in [1.29, 1.82) is 0 Å². The lowest BCUT2D eigenvalue weighted by atomic mass is 10.1. The number of hydrogen-bond acceptors (Lipinski definition) is 2. The van der Waals surface area contributed by atoms with Crippen LogP contribution in [0.2, 0.25) is 0 Å². The van der Waals surface area contributed by atoms with Gasteiger partial charge < -0.3 is 9.47 Å². The van der Waals surface area contributed by atoms with E-state index in [1.807, 2.05) is 86.7 Å². The molecule has 0 spiro atoms. The maximum absolute atomic E-state index is 5.61. The van der Waals surface area contributed by atoms with E-state index in [0.717, 1.165) is 22.6 Å². The summed E-state index contributed by atoms with van der Waals surface area (Å²) in [4.78, 5) is 0. The van der Waals surface area contributed by atoms with Crippen LogP contribution in [0.5, 0.6) is 11.5 Å². The lowest BCUT2D eigenvalue weighted by Gasteiger charge is -2.06. The summed E-state index contributed by atoms with van der Waals surface area (Å²) in [7, 11) is 0. The van der Waals surface area contributed by atoms with Crippen LogP contribution in [0, 0.1) is 0 Å². The van der Waals surface area contributed by atoms with Crippen LogP contribution in [0.25, 0.3) is 12.2 Å². The van der Waals surface area contributed by atoms with Gasteiger partial charge >= 0.3 is 0 Å². The third kappa shape index (κ3) is 4.52. The van der Waals surface area contributed by atoms with Crippen LogP contribution in [-0.2, 0) is 0 Å². The van der Waals surface area contributed by atoms with Gasteiger partial charge in [-0.15, -0.1) is 0 Å². The first-order valence-electron chi connectivity index (χ1n) is 7.63. The summed E-state index contributed by atoms with van der Waals surface area (Å²) < 4.78 is 11.2. The largest absolute Gasteiger partial charge is 0.493 e. The van der Waals surface area contributed by atoms with E-state index in [4.69, 9.17) is 9.47 Å². The van der Waals surface area contributed by atoms with Gasteiger partial charge in [0, 0.05) is 11.1 Å². The number of allylic oxidation sites excluding steroid dienone is 2. The molecule has 0 bridgehead atoms. The van der Waals surface area contributed by atoms with Crippen molar-refractivity contribution in [2.24, 2.45) is 0 Å². The van der Waals surface area contributed by atoms with Gasteiger partial charge in [0.05, 0.1) is 13.2 Å². The van der Waals surface area contributed by atoms with E-state index < -0.39 is 0 Å². The highest BCUT2D eigenvalue weighted by molar-refractivity contribution is 5.63. The molecule has 22 heavy (non-hydrogen) atoms. The van der Waals surface area contributed by atoms with Gasteiger partial charge in [-0.2, -0.15) is 0 Å². The van der Waals surface area contributed by atoms with Crippen molar-refractivity contribution in [3.63, 3.8) is 0 Å². The molecule has 2 aromatic carbocycles. The third-order valence-corrected chi connectivity index (χ3v) is 3.10. The van der Waals surface area contributed by atoms with E-state index in [9.17, 15) is 0 Å². The second-order valence-electron chi connectivity index (χ2n) is 4.66. The van der Waals surface area contributed by atoms with E-state index in [0.29, 0.717) is 13.2 Å². The van der Waals surface area contributed by atoms with Gasteiger partial charge in [0.25, 0.3) is 0 Å². The maximum Gasteiger partial charge on any atom is 0.126 e. The Kier molecular flexibility index (Phi) is 6.31. The zero-order valence-electron chi connectivity index (χ0n) is 13.2. The van der Waals surface area contributed by atoms with Crippen LogP contribution in [0.4, 0.5) is 0 Å². The van der Waals surface area contributed by atoms with E-state index in [1.165, 1.54) is 0 Å². The Morgan fingerprint density at radius 2 is 1.09 bits per heavy atom. The first-order chi connectivity index (χ1) is 10.8. The molecule has 0 amide bonds. The second kappa shape index (κ2) is 8.73. The minimum atomic E-state index is 0.669. The number of benzene rings is 2. The minimum Gasteiger partial charge on any atom is -0.493 e. The summed E-state index contributed by atoms with van der Waals surface area (Å²) in [6, 6.07) is 16.0. The summed E-state index contributed by atoms with van der Waals surface area (Å²) in [6.45, 7) is 5.32. The summed E-state index contributed by atoms with van der Waals surface area (Å²) in [6.07, 6.45) is 8.12. The fraction of sp³-hybridized carbons (Fsp3) is 0.200. The molecule has 2 nitrogen and oxygen atoms in total. The monoisotopic (exact) mass is 294 g/mol. The van der Waals surface area contributed by atoms with Crippen molar-refractivity contribution in [2.45, 2.75) is 13.8 Å². The summed E-state index contributed by atoms with van der Waals surface area (Å²) in [5.41, 5.74) is 2.15. The lowest BCUT2D eigenvalue weighted by Crippen LogP contribution is -1.93. The Morgan fingerprint density at radius 1 is 0.682 bits per heavy atom. The van der Waals surface area contributed by atoms with Crippen LogP contribution in [0.1, 0.15) is 25.0 Å². The number of para-hydroxylation sites is 2. The Hall–Kier alpha value is -2.48. The van der Waals surface area contributed by atoms with E-state index in [1.54, 1.807) is 0 Å². The SMILES string of the molecule is CCOc1ccccc1/C=C/C=C/c1ccccc1OCC. The molecular weight excluding hydrogens is 272 g/mol. The zero-order chi connectivity index (χ0) is 15.6. The second-order valence-corrected chi connectivity index (χ2v) is 4.66. The fourth-order valence-corrected chi connectivity index (χ4v) is 2.13. The summed E-state index contributed by atoms with van der Waals surface area (Å²) >= 11 is 0. The van der Waals surface area contributed by atoms with Crippen LogP contribution in [0.3, 0.4) is 0 Å². The molecule has 114 valence electrons. The minimum absolute atomic E-state index is 0.669. The molecule has 0 aromatic heterocycles. The summed E-state index contributed by atoms with van der Waals surface area (Å²) in [5, 5.41) is 0. The van der Waals surface area contributed by atoms with Gasteiger partial charge in [0.15, 0.2) is 0 Å². The number of ether oxygens (including phenoxy) is 2. The van der Waals surface area contributed by atoms with Crippen molar-refractivity contribution >= 4 is 12.2 Å². The van der Waals surface area contributed by atoms with Crippen molar-refractivity contribution in [2.75, 3.05) is 13.2 Å². The van der Waals surface area contributed by atoms with Gasteiger partial charge in [-0.05, 0) is 26.0 Å². The van der Waals surface area contributed by atoms with Gasteiger partial charge in [-0.25, -0.2) is 0 Å². The molecule has 0 N–H and O–H groups in total. The molecule has 2 heteroatoms. The molecule has 0 aliphatic carbocycles. The van der Waals surface area contributed by atoms with Crippen molar-refractivity contribution in [3.05, 3.63) is 71.8 Å². The molecular formula is C20H22O2. The van der Waals surface area contributed by atoms with Gasteiger partial charge in [0.1, 0.15) is 11.5 Å². The lowest BCUT2D eigenvalue weighted by molar-refractivity contribution is 0.339. The molecule has 0 aliphatic heterocycles. The summed E-state index contributed by atoms with van der Waals surface area (Å²) in [5.74, 6) is 1.81. The highest BCUT2D eigenvalue weighted by Gasteiger charge is 1.98. The molecule has 0 radical (unpaired) electrons. The normalized spacial score (nSPS) is 11.2. The van der Waals surface area contributed by atoms with Crippen molar-refractivity contribution in [1.82, 2.24) is 0 Å². The third-order valence-electron chi connectivity index (χ3n) is 3.10. The first kappa shape index (κ1) is 15.9. The zero-order valence-corrected chi connectivity index (χ0v) is 13.2. The van der Waals surface area contributed by atoms with E-state index in [-0.39, 0.29) is 0 Å². The average molecular weight is 294 g/mol. The van der Waals surface area contributed by atoms with E-state index in [2.05, 4.69) is 0 Å². The molecule has 0 atom stereocenters. The molecule has 0 fully saturated rings. The maximum atomic E-state index is 5.61. The number of rotatable bonds is 7. The van der Waals surface area contributed by atoms with Gasteiger partial charge in [-0.1, -0.05) is 60.7 Å². The molecule has 0 aliphatic rings. The predicted molar refractivity (Wildman–Crippen MR) is 93.3 cm³/mol. The Bertz CT molecular complexity index is 584. The molecule has 2 aromatic rings. The first-order valence-corrected chi connectivity index (χ1v) is 7.63. The molecule has 0 saturated carbocycles. The molecule has 0 heterocycles. The van der Waals surface area contributed by atoms with Gasteiger partial charge in [-0.3, -0.25) is 0 Å². The number of hydrogen-bond donors (Lipinski definition) is 0. The smallest absolute Gasteiger partial charge is 0.126 e. The van der Waals surface area contributed by atoms with Crippen LogP contribution in [-0.4, -0.2) is 13.2 Å². The molecule has 0 unspecified atom stereocenters. The Balaban J connectivity index is 2.09. The molecule has 2 rings (SSSR count). The quantitative estimate of drug-likeness (QED) is 0.653. The molecule has 0 saturated heterocycles. The fourth-order valence-electron chi connectivity index (χ4n) is 2.13. The highest BCUT2D eigenvalue weighted by atomic mass is 16.5. The average Bonchev–Trinajstić information content (AvgIpc) is 2.55. The van der Waals surface area contributed by atoms with E-state index >= 15 is 0 Å². The van der Waals surface area contributed by atoms with Crippen molar-refractivity contribution in [3.8, 4) is 11.5 Å². The van der Waals surface area contributed by atoms with Crippen LogP contribution in [0.15, 0.2) is 60.7 Å². The highest BCUT2D eigenvalue weighted by Crippen LogP contribution is 2.21. The Labute approximate surface area is 132 Å². The van der Waals surface area contributed by atoms with Gasteiger partial charge in [0.2, 0.25) is 0 Å².